The molecule has 0 unspecified atom stereocenters. The third-order valence-electron chi connectivity index (χ3n) is 3.69. The second-order valence-electron chi connectivity index (χ2n) is 5.66. The van der Waals surface area contributed by atoms with E-state index >= 15 is 0 Å². The molecule has 0 saturated heterocycles. The molecule has 0 bridgehead atoms. The third kappa shape index (κ3) is 4.91. The molecule has 0 radical (unpaired) electrons. The molecule has 0 aliphatic carbocycles. The number of amides is 2. The number of hydrogen-bond acceptors (Lipinski definition) is 3. The van der Waals surface area contributed by atoms with Crippen LogP contribution in [0.25, 0.3) is 0 Å². The molecule has 2 amide bonds. The molecule has 1 heterocycles. The van der Waals surface area contributed by atoms with E-state index in [2.05, 4.69) is 17.2 Å². The van der Waals surface area contributed by atoms with E-state index in [4.69, 9.17) is 0 Å². The Bertz CT molecular complexity index is 686. The zero-order chi connectivity index (χ0) is 17.4. The van der Waals surface area contributed by atoms with Crippen LogP contribution in [0.3, 0.4) is 0 Å². The van der Waals surface area contributed by atoms with Crippen LogP contribution < -0.4 is 5.32 Å². The van der Waals surface area contributed by atoms with Crippen molar-refractivity contribution in [3.05, 3.63) is 65.5 Å². The number of pyridine rings is 1. The first kappa shape index (κ1) is 17.7. The zero-order valence-corrected chi connectivity index (χ0v) is 14.2. The number of carbonyl (C=O) groups is 2. The van der Waals surface area contributed by atoms with Crippen LogP contribution in [0.2, 0.25) is 0 Å². The standard InChI is InChI=1S/C19H23N3O2/c1-3-4-13-22(2)19(24)17-12-8-11-16(21-17)18(23)20-14-15-9-6-5-7-10-15/h5-12H,3-4,13-14H2,1-2H3,(H,20,23). The molecule has 0 spiro atoms. The highest BCUT2D eigenvalue weighted by atomic mass is 16.2. The maximum atomic E-state index is 12.3. The van der Waals surface area contributed by atoms with Gasteiger partial charge in [0, 0.05) is 20.1 Å². The van der Waals surface area contributed by atoms with Crippen LogP contribution >= 0.6 is 0 Å². The fourth-order valence-electron chi connectivity index (χ4n) is 2.24. The largest absolute Gasteiger partial charge is 0.347 e. The summed E-state index contributed by atoms with van der Waals surface area (Å²) in [7, 11) is 1.75. The van der Waals surface area contributed by atoms with Gasteiger partial charge in [0.25, 0.3) is 11.8 Å². The summed E-state index contributed by atoms with van der Waals surface area (Å²) in [5, 5.41) is 2.82. The second-order valence-corrected chi connectivity index (χ2v) is 5.66. The van der Waals surface area contributed by atoms with Crippen LogP contribution in [-0.2, 0) is 6.54 Å². The summed E-state index contributed by atoms with van der Waals surface area (Å²) >= 11 is 0. The Balaban J connectivity index is 2.01. The highest BCUT2D eigenvalue weighted by Crippen LogP contribution is 2.05. The van der Waals surface area contributed by atoms with Gasteiger partial charge in [-0.15, -0.1) is 0 Å². The average molecular weight is 325 g/mol. The normalized spacial score (nSPS) is 10.2. The van der Waals surface area contributed by atoms with E-state index in [1.54, 1.807) is 30.1 Å². The van der Waals surface area contributed by atoms with Crippen LogP contribution in [0.15, 0.2) is 48.5 Å². The molecule has 5 heteroatoms. The number of benzene rings is 1. The Labute approximate surface area is 142 Å². The summed E-state index contributed by atoms with van der Waals surface area (Å²) in [6.45, 7) is 3.19. The van der Waals surface area contributed by atoms with Crippen molar-refractivity contribution in [3.8, 4) is 0 Å². The van der Waals surface area contributed by atoms with E-state index in [9.17, 15) is 9.59 Å². The lowest BCUT2D eigenvalue weighted by molar-refractivity contribution is 0.0787. The first-order valence-corrected chi connectivity index (χ1v) is 8.16. The van der Waals surface area contributed by atoms with Crippen molar-refractivity contribution in [1.82, 2.24) is 15.2 Å². The topological polar surface area (TPSA) is 62.3 Å². The number of nitrogens with zero attached hydrogens (tertiary/aromatic N) is 2. The van der Waals surface area contributed by atoms with Crippen molar-refractivity contribution in [2.45, 2.75) is 26.3 Å². The van der Waals surface area contributed by atoms with Crippen molar-refractivity contribution in [1.29, 1.82) is 0 Å². The molecule has 0 saturated carbocycles. The number of rotatable bonds is 7. The molecule has 2 aromatic rings. The molecule has 2 rings (SSSR count). The number of carbonyl (C=O) groups excluding carboxylic acids is 2. The summed E-state index contributed by atoms with van der Waals surface area (Å²) in [6.07, 6.45) is 1.96. The minimum atomic E-state index is -0.287. The molecule has 0 aliphatic heterocycles. The number of nitrogens with one attached hydrogen (secondary N) is 1. The lowest BCUT2D eigenvalue weighted by Crippen LogP contribution is -2.30. The summed E-state index contributed by atoms with van der Waals surface area (Å²) in [5.41, 5.74) is 1.55. The summed E-state index contributed by atoms with van der Waals surface area (Å²) in [5.74, 6) is -0.453. The van der Waals surface area contributed by atoms with Gasteiger partial charge in [-0.1, -0.05) is 49.7 Å². The smallest absolute Gasteiger partial charge is 0.272 e. The summed E-state index contributed by atoms with van der Waals surface area (Å²) in [4.78, 5) is 30.4. The summed E-state index contributed by atoms with van der Waals surface area (Å²) in [6, 6.07) is 14.6. The molecule has 5 nitrogen and oxygen atoms in total. The van der Waals surface area contributed by atoms with E-state index in [1.807, 2.05) is 30.3 Å². The van der Waals surface area contributed by atoms with Gasteiger partial charge >= 0.3 is 0 Å². The van der Waals surface area contributed by atoms with Gasteiger partial charge in [0.15, 0.2) is 0 Å². The van der Waals surface area contributed by atoms with Gasteiger partial charge in [-0.3, -0.25) is 9.59 Å². The van der Waals surface area contributed by atoms with Gasteiger partial charge < -0.3 is 10.2 Å². The highest BCUT2D eigenvalue weighted by molar-refractivity contribution is 5.96. The van der Waals surface area contributed by atoms with Gasteiger partial charge in [-0.05, 0) is 24.1 Å². The molecular formula is C19H23N3O2. The molecule has 1 aromatic carbocycles. The monoisotopic (exact) mass is 325 g/mol. The van der Waals surface area contributed by atoms with Gasteiger partial charge in [0.2, 0.25) is 0 Å². The maximum Gasteiger partial charge on any atom is 0.272 e. The molecule has 1 aromatic heterocycles. The predicted molar refractivity (Wildman–Crippen MR) is 93.7 cm³/mol. The van der Waals surface area contributed by atoms with Crippen molar-refractivity contribution in [2.75, 3.05) is 13.6 Å². The minimum absolute atomic E-state index is 0.166. The van der Waals surface area contributed by atoms with E-state index in [-0.39, 0.29) is 17.5 Å². The third-order valence-corrected chi connectivity index (χ3v) is 3.69. The van der Waals surface area contributed by atoms with E-state index < -0.39 is 0 Å². The quantitative estimate of drug-likeness (QED) is 0.851. The minimum Gasteiger partial charge on any atom is -0.347 e. The van der Waals surface area contributed by atoms with E-state index in [0.717, 1.165) is 18.4 Å². The lowest BCUT2D eigenvalue weighted by Gasteiger charge is -2.16. The molecular weight excluding hydrogens is 302 g/mol. The number of aromatic nitrogens is 1. The fourth-order valence-corrected chi connectivity index (χ4v) is 2.24. The Hall–Kier alpha value is -2.69. The van der Waals surface area contributed by atoms with Crippen LogP contribution in [-0.4, -0.2) is 35.3 Å². The zero-order valence-electron chi connectivity index (χ0n) is 14.2. The maximum absolute atomic E-state index is 12.3. The Morgan fingerprint density at radius 2 is 1.75 bits per heavy atom. The fraction of sp³-hybridized carbons (Fsp3) is 0.316. The molecule has 0 fully saturated rings. The lowest BCUT2D eigenvalue weighted by atomic mass is 10.2. The van der Waals surface area contributed by atoms with Crippen LogP contribution in [0.1, 0.15) is 46.3 Å². The van der Waals surface area contributed by atoms with Crippen LogP contribution in [0, 0.1) is 0 Å². The van der Waals surface area contributed by atoms with Crippen molar-refractivity contribution in [2.24, 2.45) is 0 Å². The van der Waals surface area contributed by atoms with Crippen molar-refractivity contribution in [3.63, 3.8) is 0 Å². The first-order chi connectivity index (χ1) is 11.6. The SMILES string of the molecule is CCCCN(C)C(=O)c1cccc(C(=O)NCc2ccccc2)n1. The van der Waals surface area contributed by atoms with Crippen molar-refractivity contribution >= 4 is 11.8 Å². The van der Waals surface area contributed by atoms with Gasteiger partial charge in [0.1, 0.15) is 11.4 Å². The van der Waals surface area contributed by atoms with E-state index in [0.29, 0.717) is 18.8 Å². The Morgan fingerprint density at radius 3 is 2.46 bits per heavy atom. The summed E-state index contributed by atoms with van der Waals surface area (Å²) < 4.78 is 0. The molecule has 126 valence electrons. The molecule has 0 aliphatic rings. The Morgan fingerprint density at radius 1 is 1.04 bits per heavy atom. The predicted octanol–water partition coefficient (Wildman–Crippen LogP) is 2.88. The van der Waals surface area contributed by atoms with Gasteiger partial charge in [0.05, 0.1) is 0 Å². The number of hydrogen-bond donors (Lipinski definition) is 1. The van der Waals surface area contributed by atoms with Crippen molar-refractivity contribution < 1.29 is 9.59 Å². The molecule has 1 N–H and O–H groups in total. The average Bonchev–Trinajstić information content (AvgIpc) is 2.64. The van der Waals surface area contributed by atoms with Crippen LogP contribution in [0.5, 0.6) is 0 Å². The number of unbranched alkanes of at least 4 members (excludes halogenated alkanes) is 1. The highest BCUT2D eigenvalue weighted by Gasteiger charge is 2.15. The Kier molecular flexibility index (Phi) is 6.49. The van der Waals surface area contributed by atoms with Gasteiger partial charge in [-0.25, -0.2) is 4.98 Å². The van der Waals surface area contributed by atoms with Crippen LogP contribution in [0.4, 0.5) is 0 Å². The first-order valence-electron chi connectivity index (χ1n) is 8.16. The molecule has 0 atom stereocenters. The van der Waals surface area contributed by atoms with E-state index in [1.165, 1.54) is 0 Å². The second kappa shape index (κ2) is 8.82. The molecule has 24 heavy (non-hydrogen) atoms. The van der Waals surface area contributed by atoms with Gasteiger partial charge in [-0.2, -0.15) is 0 Å².